The normalized spacial score (nSPS) is 10.8. The third-order valence-electron chi connectivity index (χ3n) is 2.84. The van der Waals surface area contributed by atoms with Gasteiger partial charge >= 0.3 is 0 Å². The molecule has 0 unspecified atom stereocenters. The third-order valence-corrected chi connectivity index (χ3v) is 2.84. The van der Waals surface area contributed by atoms with Gasteiger partial charge in [-0.25, -0.2) is 9.97 Å². The van der Waals surface area contributed by atoms with Crippen LogP contribution in [-0.4, -0.2) is 19.7 Å². The van der Waals surface area contributed by atoms with Gasteiger partial charge < -0.3 is 5.32 Å². The van der Waals surface area contributed by atoms with Crippen LogP contribution in [-0.2, 0) is 7.05 Å². The molecule has 0 amide bonds. The van der Waals surface area contributed by atoms with Gasteiger partial charge in [-0.3, -0.25) is 4.68 Å². The second kappa shape index (κ2) is 4.10. The molecular formula is C13H13N5. The monoisotopic (exact) mass is 239 g/mol. The maximum atomic E-state index is 4.27. The summed E-state index contributed by atoms with van der Waals surface area (Å²) in [5.41, 5.74) is 3.97. The minimum atomic E-state index is 0.767. The lowest BCUT2D eigenvalue weighted by atomic mass is 10.2. The number of hydrogen-bond donors (Lipinski definition) is 1. The van der Waals surface area contributed by atoms with Gasteiger partial charge in [0.2, 0.25) is 0 Å². The Morgan fingerprint density at radius 2 is 1.89 bits per heavy atom. The summed E-state index contributed by atoms with van der Waals surface area (Å²) in [6, 6.07) is 8.17. The maximum absolute atomic E-state index is 4.27. The number of fused-ring (bicyclic) bond motifs is 1. The Bertz CT molecular complexity index is 684. The minimum absolute atomic E-state index is 0.767. The summed E-state index contributed by atoms with van der Waals surface area (Å²) in [7, 11) is 1.88. The molecule has 0 aliphatic heterocycles. The molecule has 0 saturated heterocycles. The molecule has 0 aliphatic carbocycles. The summed E-state index contributed by atoms with van der Waals surface area (Å²) < 4.78 is 1.77. The van der Waals surface area contributed by atoms with E-state index in [2.05, 4.69) is 39.4 Å². The number of aromatic nitrogens is 4. The van der Waals surface area contributed by atoms with Crippen LogP contribution < -0.4 is 5.32 Å². The second-order valence-corrected chi connectivity index (χ2v) is 4.22. The van der Waals surface area contributed by atoms with E-state index in [1.54, 1.807) is 17.2 Å². The number of rotatable bonds is 2. The van der Waals surface area contributed by atoms with Crippen molar-refractivity contribution in [3.63, 3.8) is 0 Å². The van der Waals surface area contributed by atoms with E-state index in [0.717, 1.165) is 22.5 Å². The lowest BCUT2D eigenvalue weighted by molar-refractivity contribution is 0.796. The van der Waals surface area contributed by atoms with E-state index in [4.69, 9.17) is 0 Å². The second-order valence-electron chi connectivity index (χ2n) is 4.22. The Morgan fingerprint density at radius 3 is 2.67 bits per heavy atom. The molecule has 5 heteroatoms. The van der Waals surface area contributed by atoms with E-state index < -0.39 is 0 Å². The van der Waals surface area contributed by atoms with Gasteiger partial charge in [0.05, 0.1) is 6.20 Å². The summed E-state index contributed by atoms with van der Waals surface area (Å²) in [5.74, 6) is 0.767. The van der Waals surface area contributed by atoms with Gasteiger partial charge in [-0.05, 0) is 19.1 Å². The molecule has 1 N–H and O–H groups in total. The van der Waals surface area contributed by atoms with Gasteiger partial charge in [-0.1, -0.05) is 17.7 Å². The van der Waals surface area contributed by atoms with E-state index in [-0.39, 0.29) is 0 Å². The zero-order chi connectivity index (χ0) is 12.5. The fourth-order valence-corrected chi connectivity index (χ4v) is 1.87. The minimum Gasteiger partial charge on any atom is -0.338 e. The van der Waals surface area contributed by atoms with Crippen molar-refractivity contribution in [2.75, 3.05) is 5.32 Å². The summed E-state index contributed by atoms with van der Waals surface area (Å²) in [6.07, 6.45) is 3.28. The Morgan fingerprint density at radius 1 is 1.11 bits per heavy atom. The van der Waals surface area contributed by atoms with E-state index in [0.29, 0.717) is 0 Å². The van der Waals surface area contributed by atoms with Crippen LogP contribution in [0.5, 0.6) is 0 Å². The molecule has 2 heterocycles. The standard InChI is InChI=1S/C13H13N5/c1-9-3-5-10(6-4-9)17-13-12-11(14-8-15-13)7-16-18(12)2/h3-8H,1-2H3,(H,14,15,17). The van der Waals surface area contributed by atoms with Crippen molar-refractivity contribution >= 4 is 22.5 Å². The van der Waals surface area contributed by atoms with Crippen LogP contribution in [0.2, 0.25) is 0 Å². The molecule has 3 rings (SSSR count). The van der Waals surface area contributed by atoms with Gasteiger partial charge in [-0.2, -0.15) is 5.10 Å². The lowest BCUT2D eigenvalue weighted by Crippen LogP contribution is -1.99. The Hall–Kier alpha value is -2.43. The highest BCUT2D eigenvalue weighted by Gasteiger charge is 2.08. The SMILES string of the molecule is Cc1ccc(Nc2ncnc3cnn(C)c23)cc1. The van der Waals surface area contributed by atoms with Crippen LogP contribution in [0.1, 0.15) is 5.56 Å². The van der Waals surface area contributed by atoms with Gasteiger partial charge in [0.25, 0.3) is 0 Å². The summed E-state index contributed by atoms with van der Waals surface area (Å²) in [4.78, 5) is 8.46. The van der Waals surface area contributed by atoms with E-state index in [9.17, 15) is 0 Å². The fraction of sp³-hybridized carbons (Fsp3) is 0.154. The third kappa shape index (κ3) is 1.79. The van der Waals surface area contributed by atoms with Gasteiger partial charge in [0, 0.05) is 12.7 Å². The van der Waals surface area contributed by atoms with E-state index in [1.807, 2.05) is 19.2 Å². The molecule has 0 spiro atoms. The molecular weight excluding hydrogens is 226 g/mol. The molecule has 0 saturated carbocycles. The van der Waals surface area contributed by atoms with E-state index >= 15 is 0 Å². The largest absolute Gasteiger partial charge is 0.338 e. The first-order valence-corrected chi connectivity index (χ1v) is 5.70. The van der Waals surface area contributed by atoms with Crippen molar-refractivity contribution in [2.45, 2.75) is 6.92 Å². The smallest absolute Gasteiger partial charge is 0.160 e. The summed E-state index contributed by atoms with van der Waals surface area (Å²) in [5, 5.41) is 7.48. The van der Waals surface area contributed by atoms with Crippen molar-refractivity contribution in [1.29, 1.82) is 0 Å². The average molecular weight is 239 g/mol. The van der Waals surface area contributed by atoms with Crippen molar-refractivity contribution < 1.29 is 0 Å². The quantitative estimate of drug-likeness (QED) is 0.746. The number of anilines is 2. The first-order chi connectivity index (χ1) is 8.74. The molecule has 0 aliphatic rings. The molecule has 0 atom stereocenters. The van der Waals surface area contributed by atoms with Crippen LogP contribution in [0.25, 0.3) is 11.0 Å². The molecule has 1 aromatic carbocycles. The maximum Gasteiger partial charge on any atom is 0.160 e. The van der Waals surface area contributed by atoms with Crippen LogP contribution >= 0.6 is 0 Å². The zero-order valence-electron chi connectivity index (χ0n) is 10.3. The van der Waals surface area contributed by atoms with Crippen molar-refractivity contribution in [2.24, 2.45) is 7.05 Å². The zero-order valence-corrected chi connectivity index (χ0v) is 10.3. The molecule has 0 radical (unpaired) electrons. The van der Waals surface area contributed by atoms with Crippen LogP contribution in [0.3, 0.4) is 0 Å². The lowest BCUT2D eigenvalue weighted by Gasteiger charge is -2.07. The molecule has 0 bridgehead atoms. The van der Waals surface area contributed by atoms with Gasteiger partial charge in [0.15, 0.2) is 5.82 Å². The van der Waals surface area contributed by atoms with E-state index in [1.165, 1.54) is 5.56 Å². The van der Waals surface area contributed by atoms with Gasteiger partial charge in [-0.15, -0.1) is 0 Å². The molecule has 3 aromatic rings. The summed E-state index contributed by atoms with van der Waals surface area (Å²) in [6.45, 7) is 2.06. The Balaban J connectivity index is 2.04. The van der Waals surface area contributed by atoms with Crippen molar-refractivity contribution in [1.82, 2.24) is 19.7 Å². The highest BCUT2D eigenvalue weighted by atomic mass is 15.3. The van der Waals surface area contributed by atoms with Crippen LogP contribution in [0.15, 0.2) is 36.8 Å². The molecule has 2 aromatic heterocycles. The Labute approximate surface area is 104 Å². The van der Waals surface area contributed by atoms with Crippen LogP contribution in [0, 0.1) is 6.92 Å². The highest BCUT2D eigenvalue weighted by Crippen LogP contribution is 2.22. The first-order valence-electron chi connectivity index (χ1n) is 5.70. The average Bonchev–Trinajstić information content (AvgIpc) is 2.75. The number of nitrogens with one attached hydrogen (secondary N) is 1. The fourth-order valence-electron chi connectivity index (χ4n) is 1.87. The topological polar surface area (TPSA) is 55.6 Å². The summed E-state index contributed by atoms with van der Waals surface area (Å²) >= 11 is 0. The van der Waals surface area contributed by atoms with Crippen molar-refractivity contribution in [3.8, 4) is 0 Å². The molecule has 0 fully saturated rings. The van der Waals surface area contributed by atoms with Gasteiger partial charge in [0.1, 0.15) is 17.4 Å². The number of aryl methyl sites for hydroxylation is 2. The molecule has 5 nitrogen and oxygen atoms in total. The first kappa shape index (κ1) is 10.7. The van der Waals surface area contributed by atoms with Crippen LogP contribution in [0.4, 0.5) is 11.5 Å². The molecule has 18 heavy (non-hydrogen) atoms. The number of hydrogen-bond acceptors (Lipinski definition) is 4. The Kier molecular flexibility index (Phi) is 2.44. The number of benzene rings is 1. The predicted octanol–water partition coefficient (Wildman–Crippen LogP) is 2.42. The highest BCUT2D eigenvalue weighted by molar-refractivity contribution is 5.86. The van der Waals surface area contributed by atoms with Crippen molar-refractivity contribution in [3.05, 3.63) is 42.4 Å². The molecule has 90 valence electrons. The number of nitrogens with zero attached hydrogens (tertiary/aromatic N) is 4. The predicted molar refractivity (Wildman–Crippen MR) is 70.8 cm³/mol.